The summed E-state index contributed by atoms with van der Waals surface area (Å²) >= 11 is 0. The van der Waals surface area contributed by atoms with E-state index in [2.05, 4.69) is 31.4 Å². The van der Waals surface area contributed by atoms with Crippen LogP contribution in [0.2, 0.25) is 0 Å². The summed E-state index contributed by atoms with van der Waals surface area (Å²) in [5.74, 6) is 0.196. The molecule has 0 bridgehead atoms. The molecule has 1 heterocycles. The monoisotopic (exact) mass is 255 g/mol. The number of hydrogen-bond acceptors (Lipinski definition) is 3. The smallest absolute Gasteiger partial charge is 0.220 e. The maximum absolute atomic E-state index is 11.6. The minimum atomic E-state index is 0. The Bertz CT molecular complexity index is 298. The fourth-order valence-electron chi connectivity index (χ4n) is 3.15. The molecule has 1 aliphatic carbocycles. The molecule has 2 fully saturated rings. The van der Waals surface area contributed by atoms with Gasteiger partial charge in [-0.05, 0) is 40.0 Å². The molecule has 0 aromatic rings. The average molecular weight is 255 g/mol. The van der Waals surface area contributed by atoms with Crippen molar-refractivity contribution in [2.75, 3.05) is 6.67 Å². The van der Waals surface area contributed by atoms with Crippen molar-refractivity contribution in [1.82, 2.24) is 15.5 Å². The topological polar surface area (TPSA) is 44.4 Å². The van der Waals surface area contributed by atoms with Crippen LogP contribution in [-0.2, 0) is 4.79 Å². The first kappa shape index (κ1) is 15.4. The van der Waals surface area contributed by atoms with Gasteiger partial charge in [-0.1, -0.05) is 7.43 Å². The number of rotatable bonds is 1. The molecule has 0 aromatic carbocycles. The minimum Gasteiger partial charge on any atom is -0.326 e. The molecule has 1 saturated heterocycles. The highest BCUT2D eigenvalue weighted by atomic mass is 16.2. The predicted octanol–water partition coefficient (Wildman–Crippen LogP) is 1.71. The molecular formula is C14H29N3O. The second-order valence-electron chi connectivity index (χ2n) is 6.43. The van der Waals surface area contributed by atoms with E-state index in [9.17, 15) is 4.79 Å². The van der Waals surface area contributed by atoms with Gasteiger partial charge in [-0.2, -0.15) is 0 Å². The molecule has 0 spiro atoms. The van der Waals surface area contributed by atoms with Crippen LogP contribution in [-0.4, -0.2) is 41.1 Å². The largest absolute Gasteiger partial charge is 0.326 e. The molecule has 0 aromatic heterocycles. The van der Waals surface area contributed by atoms with Gasteiger partial charge in [0.1, 0.15) is 0 Å². The Morgan fingerprint density at radius 1 is 1.33 bits per heavy atom. The van der Waals surface area contributed by atoms with Crippen LogP contribution < -0.4 is 10.6 Å². The maximum atomic E-state index is 11.6. The van der Waals surface area contributed by atoms with E-state index >= 15 is 0 Å². The Morgan fingerprint density at radius 2 is 2.00 bits per heavy atom. The number of hydrogen-bond donors (Lipinski definition) is 2. The molecule has 0 unspecified atom stereocenters. The van der Waals surface area contributed by atoms with Crippen LogP contribution in [0.5, 0.6) is 0 Å². The van der Waals surface area contributed by atoms with E-state index in [1.807, 2.05) is 4.90 Å². The summed E-state index contributed by atoms with van der Waals surface area (Å²) in [5.41, 5.74) is 0.157. The van der Waals surface area contributed by atoms with Gasteiger partial charge in [0, 0.05) is 30.6 Å². The molecule has 1 amide bonds. The molecule has 3 atom stereocenters. The summed E-state index contributed by atoms with van der Waals surface area (Å²) in [6, 6.07) is 1.44. The van der Waals surface area contributed by atoms with Crippen molar-refractivity contribution in [3.8, 4) is 0 Å². The average Bonchev–Trinajstić information content (AvgIpc) is 2.57. The number of carbonyl (C=O) groups is 1. The van der Waals surface area contributed by atoms with Crippen molar-refractivity contribution in [1.29, 1.82) is 0 Å². The fourth-order valence-corrected chi connectivity index (χ4v) is 3.15. The van der Waals surface area contributed by atoms with Gasteiger partial charge in [-0.15, -0.1) is 0 Å². The lowest BCUT2D eigenvalue weighted by atomic mass is 9.86. The quantitative estimate of drug-likeness (QED) is 0.750. The van der Waals surface area contributed by atoms with E-state index in [0.717, 1.165) is 13.1 Å². The van der Waals surface area contributed by atoms with Gasteiger partial charge in [0.05, 0.1) is 6.67 Å². The molecule has 18 heavy (non-hydrogen) atoms. The summed E-state index contributed by atoms with van der Waals surface area (Å²) in [7, 11) is 0. The highest BCUT2D eigenvalue weighted by molar-refractivity contribution is 5.74. The Balaban J connectivity index is 0.00000162. The number of nitrogens with zero attached hydrogens (tertiary/aromatic N) is 1. The van der Waals surface area contributed by atoms with Crippen molar-refractivity contribution >= 4 is 5.91 Å². The van der Waals surface area contributed by atoms with Gasteiger partial charge >= 0.3 is 0 Å². The lowest BCUT2D eigenvalue weighted by Crippen LogP contribution is -2.52. The Hall–Kier alpha value is -0.610. The zero-order valence-electron chi connectivity index (χ0n) is 11.4. The first-order valence-electron chi connectivity index (χ1n) is 6.65. The van der Waals surface area contributed by atoms with Crippen molar-refractivity contribution < 1.29 is 4.79 Å². The third-order valence-corrected chi connectivity index (χ3v) is 3.78. The van der Waals surface area contributed by atoms with Crippen molar-refractivity contribution in [3.05, 3.63) is 0 Å². The van der Waals surface area contributed by atoms with E-state index in [1.165, 1.54) is 12.8 Å². The van der Waals surface area contributed by atoms with Crippen molar-refractivity contribution in [2.45, 2.75) is 78.0 Å². The SMILES string of the molecule is C.CC(=O)N1CN[C@H]2CC[C@@H](NC(C)(C)C)C[C@H]21. The molecule has 0 radical (unpaired) electrons. The summed E-state index contributed by atoms with van der Waals surface area (Å²) in [4.78, 5) is 13.5. The highest BCUT2D eigenvalue weighted by Gasteiger charge is 2.40. The van der Waals surface area contributed by atoms with Crippen LogP contribution in [0.4, 0.5) is 0 Å². The van der Waals surface area contributed by atoms with Crippen LogP contribution in [0, 0.1) is 0 Å². The Kier molecular flexibility index (Phi) is 4.78. The normalized spacial score (nSPS) is 31.8. The summed E-state index contributed by atoms with van der Waals surface area (Å²) in [6.07, 6.45) is 3.45. The van der Waals surface area contributed by atoms with Crippen LogP contribution in [0.15, 0.2) is 0 Å². The van der Waals surface area contributed by atoms with E-state index in [4.69, 9.17) is 0 Å². The third-order valence-electron chi connectivity index (χ3n) is 3.78. The molecule has 4 nitrogen and oxygen atoms in total. The van der Waals surface area contributed by atoms with E-state index in [0.29, 0.717) is 18.1 Å². The Morgan fingerprint density at radius 3 is 2.56 bits per heavy atom. The zero-order valence-corrected chi connectivity index (χ0v) is 11.4. The van der Waals surface area contributed by atoms with Crippen molar-refractivity contribution in [3.63, 3.8) is 0 Å². The van der Waals surface area contributed by atoms with Crippen LogP contribution >= 0.6 is 0 Å². The molecule has 2 rings (SSSR count). The third kappa shape index (κ3) is 3.45. The highest BCUT2D eigenvalue weighted by Crippen LogP contribution is 2.28. The standard InChI is InChI=1S/C13H25N3O.CH4/c1-9(17)16-8-14-11-6-5-10(7-12(11)16)15-13(2,3)4;/h10-12,14-15H,5-8H2,1-4H3;1H4/t10-,11+,12-;/m1./s1. The van der Waals surface area contributed by atoms with E-state index in [1.54, 1.807) is 6.92 Å². The van der Waals surface area contributed by atoms with E-state index in [-0.39, 0.29) is 18.9 Å². The lowest BCUT2D eigenvalue weighted by Gasteiger charge is -2.38. The Labute approximate surface area is 111 Å². The van der Waals surface area contributed by atoms with Gasteiger partial charge < -0.3 is 10.2 Å². The molecule has 2 aliphatic rings. The summed E-state index contributed by atoms with van der Waals surface area (Å²) in [5, 5.41) is 7.12. The van der Waals surface area contributed by atoms with Gasteiger partial charge in [0.25, 0.3) is 0 Å². The second kappa shape index (κ2) is 5.57. The van der Waals surface area contributed by atoms with Gasteiger partial charge in [-0.3, -0.25) is 10.1 Å². The van der Waals surface area contributed by atoms with E-state index < -0.39 is 0 Å². The van der Waals surface area contributed by atoms with Crippen molar-refractivity contribution in [2.24, 2.45) is 0 Å². The predicted molar refractivity (Wildman–Crippen MR) is 75.4 cm³/mol. The van der Waals surface area contributed by atoms with Crippen LogP contribution in [0.3, 0.4) is 0 Å². The number of nitrogens with one attached hydrogen (secondary N) is 2. The van der Waals surface area contributed by atoms with Gasteiger partial charge in [0.2, 0.25) is 5.91 Å². The van der Waals surface area contributed by atoms with Gasteiger partial charge in [-0.25, -0.2) is 0 Å². The molecule has 1 saturated carbocycles. The fraction of sp³-hybridized carbons (Fsp3) is 0.929. The maximum Gasteiger partial charge on any atom is 0.220 e. The lowest BCUT2D eigenvalue weighted by molar-refractivity contribution is -0.130. The molecular weight excluding hydrogens is 226 g/mol. The molecule has 2 N–H and O–H groups in total. The van der Waals surface area contributed by atoms with Gasteiger partial charge in [0.15, 0.2) is 0 Å². The first-order valence-corrected chi connectivity index (χ1v) is 6.65. The number of amides is 1. The molecule has 106 valence electrons. The zero-order chi connectivity index (χ0) is 12.6. The summed E-state index contributed by atoms with van der Waals surface area (Å²) < 4.78 is 0. The molecule has 1 aliphatic heterocycles. The number of carbonyl (C=O) groups excluding carboxylic acids is 1. The summed E-state index contributed by atoms with van der Waals surface area (Å²) in [6.45, 7) is 9.01. The number of fused-ring (bicyclic) bond motifs is 1. The first-order chi connectivity index (χ1) is 7.87. The second-order valence-corrected chi connectivity index (χ2v) is 6.43. The van der Waals surface area contributed by atoms with Crippen LogP contribution in [0.1, 0.15) is 54.4 Å². The van der Waals surface area contributed by atoms with Crippen LogP contribution in [0.25, 0.3) is 0 Å². The molecule has 4 heteroatoms. The minimum absolute atomic E-state index is 0.